The Labute approximate surface area is 181 Å². The monoisotopic (exact) mass is 462 g/mol. The maximum Gasteiger partial charge on any atom is 0.334 e. The zero-order valence-corrected chi connectivity index (χ0v) is 17.4. The summed E-state index contributed by atoms with van der Waals surface area (Å²) in [5, 5.41) is 7.57. The van der Waals surface area contributed by atoms with E-state index in [0.29, 0.717) is 20.6 Å². The molecule has 0 bridgehead atoms. The van der Waals surface area contributed by atoms with E-state index in [1.807, 2.05) is 0 Å². The Morgan fingerprint density at radius 2 is 1.71 bits per heavy atom. The van der Waals surface area contributed by atoms with Crippen LogP contribution in [0.15, 0.2) is 41.6 Å². The highest BCUT2D eigenvalue weighted by molar-refractivity contribution is 6.37. The lowest BCUT2D eigenvalue weighted by atomic mass is 10.2. The highest BCUT2D eigenvalue weighted by atomic mass is 35.5. The Hall–Kier alpha value is -1.99. The lowest BCUT2D eigenvalue weighted by Gasteiger charge is -2.13. The molecule has 0 saturated carbocycles. The average Bonchev–Trinajstić information content (AvgIpc) is 2.64. The summed E-state index contributed by atoms with van der Waals surface area (Å²) in [6.45, 7) is 0.0390. The number of nitrogens with one attached hydrogen (secondary N) is 1. The number of nitrogens with zero attached hydrogens (tertiary/aromatic N) is 1. The summed E-state index contributed by atoms with van der Waals surface area (Å²) in [5.74, 6) is -1.35. The van der Waals surface area contributed by atoms with Gasteiger partial charge in [0.2, 0.25) is 0 Å². The van der Waals surface area contributed by atoms with Gasteiger partial charge in [-0.25, -0.2) is 4.79 Å². The number of carbonyl (C=O) groups excluding carboxylic acids is 2. The quantitative estimate of drug-likeness (QED) is 0.364. The van der Waals surface area contributed by atoms with Crippen molar-refractivity contribution < 1.29 is 19.2 Å². The highest BCUT2D eigenvalue weighted by Crippen LogP contribution is 2.22. The van der Waals surface area contributed by atoms with E-state index in [4.69, 9.17) is 51.2 Å². The van der Waals surface area contributed by atoms with Crippen LogP contribution in [0.4, 0.5) is 0 Å². The molecule has 2 rings (SSSR count). The third-order valence-electron chi connectivity index (χ3n) is 3.44. The molecule has 1 atom stereocenters. The van der Waals surface area contributed by atoms with E-state index in [2.05, 4.69) is 15.2 Å². The van der Waals surface area contributed by atoms with Crippen LogP contribution in [0.1, 0.15) is 15.9 Å². The van der Waals surface area contributed by atoms with Gasteiger partial charge in [-0.2, -0.15) is 0 Å². The normalized spacial score (nSPS) is 11.9. The summed E-state index contributed by atoms with van der Waals surface area (Å²) < 4.78 is 4.66. The molecule has 0 spiro atoms. The number of halogens is 4. The molecule has 0 aliphatic heterocycles. The number of ether oxygens (including phenoxy) is 1. The molecule has 0 radical (unpaired) electrons. The molecular weight excluding hydrogens is 450 g/mol. The molecule has 0 aliphatic carbocycles. The first-order chi connectivity index (χ1) is 13.3. The van der Waals surface area contributed by atoms with Gasteiger partial charge in [0.15, 0.2) is 6.04 Å². The Morgan fingerprint density at radius 3 is 2.32 bits per heavy atom. The summed E-state index contributed by atoms with van der Waals surface area (Å²) >= 11 is 23.7. The van der Waals surface area contributed by atoms with Crippen molar-refractivity contribution in [1.29, 1.82) is 0 Å². The first kappa shape index (κ1) is 22.3. The van der Waals surface area contributed by atoms with Crippen LogP contribution in [0.5, 0.6) is 0 Å². The number of rotatable bonds is 7. The number of carbonyl (C=O) groups is 2. The fourth-order valence-corrected chi connectivity index (χ4v) is 2.98. The number of esters is 1. The van der Waals surface area contributed by atoms with Gasteiger partial charge in [-0.15, -0.1) is 0 Å². The molecule has 0 aromatic heterocycles. The SMILES string of the molecule is COC(=O)[C@H](/C=N\OCc1ccc(Cl)cc1Cl)NC(=O)c1ccc(Cl)cc1Cl. The average molecular weight is 464 g/mol. The molecule has 2 aromatic rings. The van der Waals surface area contributed by atoms with Crippen LogP contribution in [-0.2, 0) is 21.0 Å². The fraction of sp³-hybridized carbons (Fsp3) is 0.167. The second kappa shape index (κ2) is 10.5. The predicted octanol–water partition coefficient (Wildman–Crippen LogP) is 4.77. The van der Waals surface area contributed by atoms with Crippen molar-refractivity contribution in [3.63, 3.8) is 0 Å². The van der Waals surface area contributed by atoms with Crippen molar-refractivity contribution in [2.24, 2.45) is 5.16 Å². The summed E-state index contributed by atoms with van der Waals surface area (Å²) in [5.41, 5.74) is 0.789. The molecule has 0 heterocycles. The minimum atomic E-state index is -1.19. The Kier molecular flexibility index (Phi) is 8.38. The Bertz CT molecular complexity index is 905. The van der Waals surface area contributed by atoms with Crippen LogP contribution >= 0.6 is 46.4 Å². The van der Waals surface area contributed by atoms with Crippen molar-refractivity contribution in [3.05, 3.63) is 67.6 Å². The van der Waals surface area contributed by atoms with E-state index in [9.17, 15) is 9.59 Å². The number of hydrogen-bond donors (Lipinski definition) is 1. The standard InChI is InChI=1S/C18H14Cl4N2O4/c1-27-18(26)16(24-17(25)13-5-4-12(20)7-15(13)22)8-23-28-9-10-2-3-11(19)6-14(10)21/h2-8,16H,9H2,1H3,(H,24,25)/b23-8-/t16-/m0/s1. The molecule has 0 aliphatic rings. The zero-order valence-electron chi connectivity index (χ0n) is 14.4. The maximum atomic E-state index is 12.4. The topological polar surface area (TPSA) is 77.0 Å². The summed E-state index contributed by atoms with van der Waals surface area (Å²) in [6.07, 6.45) is 1.09. The minimum Gasteiger partial charge on any atom is -0.467 e. The van der Waals surface area contributed by atoms with Gasteiger partial charge in [-0.1, -0.05) is 57.6 Å². The van der Waals surface area contributed by atoms with E-state index >= 15 is 0 Å². The molecule has 0 fully saturated rings. The molecule has 2 aromatic carbocycles. The molecule has 28 heavy (non-hydrogen) atoms. The molecule has 0 unspecified atom stereocenters. The van der Waals surface area contributed by atoms with E-state index < -0.39 is 17.9 Å². The fourth-order valence-electron chi connectivity index (χ4n) is 2.03. The second-order valence-electron chi connectivity index (χ2n) is 5.36. The van der Waals surface area contributed by atoms with Gasteiger partial charge in [0.25, 0.3) is 5.91 Å². The highest BCUT2D eigenvalue weighted by Gasteiger charge is 2.22. The van der Waals surface area contributed by atoms with Crippen LogP contribution < -0.4 is 5.32 Å². The smallest absolute Gasteiger partial charge is 0.334 e. The molecule has 1 N–H and O–H groups in total. The largest absolute Gasteiger partial charge is 0.467 e. The van der Waals surface area contributed by atoms with Crippen molar-refractivity contribution in [2.75, 3.05) is 7.11 Å². The van der Waals surface area contributed by atoms with Crippen molar-refractivity contribution in [3.8, 4) is 0 Å². The predicted molar refractivity (Wildman–Crippen MR) is 109 cm³/mol. The number of benzene rings is 2. The first-order valence-corrected chi connectivity index (χ1v) is 9.26. The maximum absolute atomic E-state index is 12.4. The minimum absolute atomic E-state index is 0.0390. The van der Waals surface area contributed by atoms with E-state index in [1.54, 1.807) is 18.2 Å². The van der Waals surface area contributed by atoms with E-state index in [1.165, 1.54) is 25.3 Å². The molecule has 10 heteroatoms. The third-order valence-corrected chi connectivity index (χ3v) is 4.57. The lowest BCUT2D eigenvalue weighted by Crippen LogP contribution is -2.42. The van der Waals surface area contributed by atoms with Gasteiger partial charge in [0, 0.05) is 20.6 Å². The van der Waals surface area contributed by atoms with Gasteiger partial charge in [0.05, 0.1) is 23.9 Å². The molecule has 0 saturated heterocycles. The van der Waals surface area contributed by atoms with Crippen molar-refractivity contribution >= 4 is 64.5 Å². The number of methoxy groups -OCH3 is 1. The lowest BCUT2D eigenvalue weighted by molar-refractivity contribution is -0.140. The summed E-state index contributed by atoms with van der Waals surface area (Å²) in [7, 11) is 1.18. The first-order valence-electron chi connectivity index (χ1n) is 7.75. The number of amides is 1. The van der Waals surface area contributed by atoms with Crippen LogP contribution in [0.25, 0.3) is 0 Å². The number of oxime groups is 1. The molecule has 1 amide bonds. The second-order valence-corrected chi connectivity index (χ2v) is 7.05. The van der Waals surface area contributed by atoms with Gasteiger partial charge >= 0.3 is 5.97 Å². The molecular formula is C18H14Cl4N2O4. The number of hydrogen-bond acceptors (Lipinski definition) is 5. The van der Waals surface area contributed by atoms with Crippen molar-refractivity contribution in [1.82, 2.24) is 5.32 Å². The van der Waals surface area contributed by atoms with Gasteiger partial charge < -0.3 is 14.9 Å². The van der Waals surface area contributed by atoms with Crippen LogP contribution in [-0.4, -0.2) is 31.2 Å². The third kappa shape index (κ3) is 6.27. The summed E-state index contributed by atoms with van der Waals surface area (Å²) in [6, 6.07) is 8.07. The Morgan fingerprint density at radius 1 is 1.07 bits per heavy atom. The van der Waals surface area contributed by atoms with Crippen LogP contribution in [0, 0.1) is 0 Å². The van der Waals surface area contributed by atoms with Gasteiger partial charge in [-0.3, -0.25) is 4.79 Å². The van der Waals surface area contributed by atoms with Crippen LogP contribution in [0.3, 0.4) is 0 Å². The van der Waals surface area contributed by atoms with Crippen LogP contribution in [0.2, 0.25) is 20.1 Å². The van der Waals surface area contributed by atoms with E-state index in [0.717, 1.165) is 6.21 Å². The van der Waals surface area contributed by atoms with E-state index in [-0.39, 0.29) is 17.2 Å². The Balaban J connectivity index is 2.03. The summed E-state index contributed by atoms with van der Waals surface area (Å²) in [4.78, 5) is 29.4. The van der Waals surface area contributed by atoms with Crippen molar-refractivity contribution in [2.45, 2.75) is 12.6 Å². The molecule has 6 nitrogen and oxygen atoms in total. The zero-order chi connectivity index (χ0) is 20.7. The molecule has 148 valence electrons. The van der Waals surface area contributed by atoms with Gasteiger partial charge in [0.1, 0.15) is 6.61 Å². The van der Waals surface area contributed by atoms with Gasteiger partial charge in [-0.05, 0) is 30.3 Å².